The van der Waals surface area contributed by atoms with Crippen LogP contribution in [0, 0.1) is 5.92 Å². The molecule has 0 radical (unpaired) electrons. The zero-order valence-corrected chi connectivity index (χ0v) is 15.3. The maximum absolute atomic E-state index is 12.7. The Morgan fingerprint density at radius 1 is 1.15 bits per heavy atom. The van der Waals surface area contributed by atoms with Crippen LogP contribution in [0.15, 0.2) is 42.5 Å². The molecule has 1 unspecified atom stereocenters. The quantitative estimate of drug-likeness (QED) is 0.899. The number of hydrogen-bond acceptors (Lipinski definition) is 5. The van der Waals surface area contributed by atoms with Gasteiger partial charge in [0.25, 0.3) is 0 Å². The van der Waals surface area contributed by atoms with Crippen molar-refractivity contribution in [1.82, 2.24) is 0 Å². The zero-order valence-electron chi connectivity index (χ0n) is 15.3. The number of fused-ring (bicyclic) bond motifs is 1. The van der Waals surface area contributed by atoms with Crippen LogP contribution in [0.4, 0.5) is 17.1 Å². The molecule has 7 nitrogen and oxygen atoms in total. The molecule has 27 heavy (non-hydrogen) atoms. The van der Waals surface area contributed by atoms with Crippen LogP contribution in [-0.2, 0) is 9.59 Å². The number of para-hydroxylation sites is 2. The number of carbonyl (C=O) groups is 2. The smallest absolute Gasteiger partial charge is 0.231 e. The lowest BCUT2D eigenvalue weighted by Gasteiger charge is -2.19. The van der Waals surface area contributed by atoms with Gasteiger partial charge in [-0.1, -0.05) is 12.1 Å². The van der Waals surface area contributed by atoms with E-state index in [4.69, 9.17) is 9.47 Å². The molecule has 2 amide bonds. The van der Waals surface area contributed by atoms with Gasteiger partial charge in [-0.25, -0.2) is 0 Å². The van der Waals surface area contributed by atoms with Gasteiger partial charge in [-0.2, -0.15) is 0 Å². The summed E-state index contributed by atoms with van der Waals surface area (Å²) in [5, 5.41) is 2.96. The summed E-state index contributed by atoms with van der Waals surface area (Å²) in [6.07, 6.45) is 0.185. The van der Waals surface area contributed by atoms with Gasteiger partial charge in [-0.3, -0.25) is 9.59 Å². The average molecular weight is 367 g/mol. The van der Waals surface area contributed by atoms with Crippen LogP contribution in [0.25, 0.3) is 0 Å². The lowest BCUT2D eigenvalue weighted by Crippen LogP contribution is -2.28. The summed E-state index contributed by atoms with van der Waals surface area (Å²) in [6, 6.07) is 13.0. The third kappa shape index (κ3) is 3.28. The van der Waals surface area contributed by atoms with Crippen LogP contribution in [0.5, 0.6) is 11.5 Å². The first kappa shape index (κ1) is 17.2. The van der Waals surface area contributed by atoms with E-state index < -0.39 is 5.92 Å². The van der Waals surface area contributed by atoms with Crippen LogP contribution in [0.1, 0.15) is 6.42 Å². The second kappa shape index (κ2) is 6.83. The van der Waals surface area contributed by atoms with Crippen molar-refractivity contribution >= 4 is 28.9 Å². The second-order valence-electron chi connectivity index (χ2n) is 6.84. The summed E-state index contributed by atoms with van der Waals surface area (Å²) >= 11 is 0. The second-order valence-corrected chi connectivity index (χ2v) is 6.84. The van der Waals surface area contributed by atoms with Gasteiger partial charge >= 0.3 is 0 Å². The molecule has 7 heteroatoms. The molecule has 2 aliphatic rings. The van der Waals surface area contributed by atoms with Crippen molar-refractivity contribution in [2.45, 2.75) is 6.42 Å². The van der Waals surface area contributed by atoms with Crippen molar-refractivity contribution in [2.75, 3.05) is 42.5 Å². The van der Waals surface area contributed by atoms with Gasteiger partial charge in [-0.15, -0.1) is 0 Å². The maximum atomic E-state index is 12.7. The van der Waals surface area contributed by atoms with Gasteiger partial charge in [0.1, 0.15) is 0 Å². The van der Waals surface area contributed by atoms with E-state index in [0.29, 0.717) is 23.7 Å². The van der Waals surface area contributed by atoms with Crippen LogP contribution in [-0.4, -0.2) is 39.2 Å². The average Bonchev–Trinajstić information content (AvgIpc) is 3.27. The van der Waals surface area contributed by atoms with Crippen molar-refractivity contribution in [3.8, 4) is 11.5 Å². The summed E-state index contributed by atoms with van der Waals surface area (Å²) < 4.78 is 10.7. The number of amides is 2. The lowest BCUT2D eigenvalue weighted by molar-refractivity contribution is -0.122. The Morgan fingerprint density at radius 3 is 2.74 bits per heavy atom. The highest BCUT2D eigenvalue weighted by Gasteiger charge is 2.36. The Kier molecular flexibility index (Phi) is 4.35. The number of hydrogen-bond donors (Lipinski definition) is 1. The van der Waals surface area contributed by atoms with Gasteiger partial charge in [0, 0.05) is 38.8 Å². The van der Waals surface area contributed by atoms with E-state index >= 15 is 0 Å². The van der Waals surface area contributed by atoms with E-state index in [2.05, 4.69) is 5.32 Å². The van der Waals surface area contributed by atoms with Crippen LogP contribution >= 0.6 is 0 Å². The molecule has 0 aromatic heterocycles. The summed E-state index contributed by atoms with van der Waals surface area (Å²) in [5.41, 5.74) is 2.37. The molecule has 0 aliphatic carbocycles. The van der Waals surface area contributed by atoms with Crippen LogP contribution in [0.2, 0.25) is 0 Å². The van der Waals surface area contributed by atoms with Crippen molar-refractivity contribution in [1.29, 1.82) is 0 Å². The molecule has 0 bridgehead atoms. The number of nitrogens with one attached hydrogen (secondary N) is 1. The number of benzene rings is 2. The molecule has 2 heterocycles. The number of carbonyl (C=O) groups excluding carboxylic acids is 2. The third-order valence-electron chi connectivity index (χ3n) is 4.81. The fourth-order valence-electron chi connectivity index (χ4n) is 3.39. The predicted octanol–water partition coefficient (Wildman–Crippen LogP) is 2.47. The number of rotatable bonds is 4. The Labute approximate surface area is 157 Å². The maximum Gasteiger partial charge on any atom is 0.231 e. The first-order valence-corrected chi connectivity index (χ1v) is 8.80. The van der Waals surface area contributed by atoms with Crippen LogP contribution < -0.4 is 24.6 Å². The van der Waals surface area contributed by atoms with Gasteiger partial charge < -0.3 is 24.6 Å². The Morgan fingerprint density at radius 2 is 1.93 bits per heavy atom. The summed E-state index contributed by atoms with van der Waals surface area (Å²) in [4.78, 5) is 28.8. The van der Waals surface area contributed by atoms with Crippen molar-refractivity contribution < 1.29 is 19.1 Å². The van der Waals surface area contributed by atoms with Crippen molar-refractivity contribution in [3.05, 3.63) is 42.5 Å². The number of nitrogens with zero attached hydrogens (tertiary/aromatic N) is 2. The number of ether oxygens (including phenoxy) is 2. The fourth-order valence-corrected chi connectivity index (χ4v) is 3.39. The third-order valence-corrected chi connectivity index (χ3v) is 4.81. The minimum atomic E-state index is -0.404. The Balaban J connectivity index is 1.48. The first-order valence-electron chi connectivity index (χ1n) is 8.80. The summed E-state index contributed by atoms with van der Waals surface area (Å²) in [7, 11) is 3.84. The molecular weight excluding hydrogens is 346 g/mol. The topological polar surface area (TPSA) is 71.1 Å². The van der Waals surface area contributed by atoms with Gasteiger partial charge in [0.15, 0.2) is 11.5 Å². The fraction of sp³-hybridized carbons (Fsp3) is 0.300. The first-order chi connectivity index (χ1) is 13.0. The minimum Gasteiger partial charge on any atom is -0.454 e. The number of anilines is 3. The molecule has 0 spiro atoms. The molecule has 2 aromatic carbocycles. The zero-order chi connectivity index (χ0) is 19.0. The molecule has 1 N–H and O–H groups in total. The van der Waals surface area contributed by atoms with E-state index in [0.717, 1.165) is 11.4 Å². The standard InChI is InChI=1S/C20H21N3O4/c1-22(2)16-6-4-3-5-15(16)21-20(25)13-9-19(24)23(11-13)14-7-8-17-18(10-14)27-12-26-17/h3-8,10,13H,9,11-12H2,1-2H3,(H,21,25). The molecule has 140 valence electrons. The van der Waals surface area contributed by atoms with Gasteiger partial charge in [-0.05, 0) is 24.3 Å². The largest absolute Gasteiger partial charge is 0.454 e. The van der Waals surface area contributed by atoms with E-state index in [1.54, 1.807) is 17.0 Å². The minimum absolute atomic E-state index is 0.0742. The molecule has 1 atom stereocenters. The molecule has 4 rings (SSSR count). The van der Waals surface area contributed by atoms with E-state index in [9.17, 15) is 9.59 Å². The molecule has 2 aromatic rings. The monoisotopic (exact) mass is 367 g/mol. The molecule has 2 aliphatic heterocycles. The van der Waals surface area contributed by atoms with E-state index in [-0.39, 0.29) is 25.0 Å². The summed E-state index contributed by atoms with van der Waals surface area (Å²) in [5.74, 6) is 0.655. The molecule has 0 saturated carbocycles. The van der Waals surface area contributed by atoms with E-state index in [1.807, 2.05) is 49.3 Å². The Bertz CT molecular complexity index is 897. The highest BCUT2D eigenvalue weighted by molar-refractivity contribution is 6.04. The predicted molar refractivity (Wildman–Crippen MR) is 102 cm³/mol. The van der Waals surface area contributed by atoms with Gasteiger partial charge in [0.05, 0.1) is 17.3 Å². The lowest BCUT2D eigenvalue weighted by atomic mass is 10.1. The summed E-state index contributed by atoms with van der Waals surface area (Å²) in [6.45, 7) is 0.525. The van der Waals surface area contributed by atoms with E-state index in [1.165, 1.54) is 0 Å². The molecule has 1 fully saturated rings. The van der Waals surface area contributed by atoms with Crippen molar-refractivity contribution in [2.24, 2.45) is 5.92 Å². The molecular formula is C20H21N3O4. The van der Waals surface area contributed by atoms with Crippen LogP contribution in [0.3, 0.4) is 0 Å². The van der Waals surface area contributed by atoms with Crippen molar-refractivity contribution in [3.63, 3.8) is 0 Å². The molecule has 1 saturated heterocycles. The van der Waals surface area contributed by atoms with Gasteiger partial charge in [0.2, 0.25) is 18.6 Å². The highest BCUT2D eigenvalue weighted by Crippen LogP contribution is 2.37. The highest BCUT2D eigenvalue weighted by atomic mass is 16.7. The Hall–Kier alpha value is -3.22. The SMILES string of the molecule is CN(C)c1ccccc1NC(=O)C1CC(=O)N(c2ccc3c(c2)OCO3)C1. The normalized spacial score (nSPS) is 17.9.